The molecule has 0 unspecified atom stereocenters. The highest BCUT2D eigenvalue weighted by molar-refractivity contribution is 5.50. The van der Waals surface area contributed by atoms with Crippen molar-refractivity contribution in [2.24, 2.45) is 5.92 Å². The summed E-state index contributed by atoms with van der Waals surface area (Å²) in [5.74, 6) is 0.436. The van der Waals surface area contributed by atoms with Gasteiger partial charge >= 0.3 is 0 Å². The van der Waals surface area contributed by atoms with Crippen LogP contribution in [0.25, 0.3) is 0 Å². The number of nitrogens with one attached hydrogen (secondary N) is 1. The van der Waals surface area contributed by atoms with Crippen molar-refractivity contribution in [1.29, 1.82) is 5.26 Å². The van der Waals surface area contributed by atoms with Gasteiger partial charge in [-0.3, -0.25) is 0 Å². The number of anilines is 1. The van der Waals surface area contributed by atoms with Crippen LogP contribution in [0.4, 0.5) is 10.1 Å². The average molecular weight is 260 g/mol. The molecule has 19 heavy (non-hydrogen) atoms. The molecule has 1 aliphatic rings. The highest BCUT2D eigenvalue weighted by Gasteiger charge is 2.20. The van der Waals surface area contributed by atoms with E-state index in [0.29, 0.717) is 6.04 Å². The molecule has 0 radical (unpaired) electrons. The first-order valence-electron chi connectivity index (χ1n) is 7.19. The maximum Gasteiger partial charge on any atom is 0.141 e. The van der Waals surface area contributed by atoms with Crippen LogP contribution in [0, 0.1) is 23.1 Å². The smallest absolute Gasteiger partial charge is 0.141 e. The van der Waals surface area contributed by atoms with E-state index in [1.54, 1.807) is 12.1 Å². The van der Waals surface area contributed by atoms with E-state index in [9.17, 15) is 4.39 Å². The molecule has 0 saturated heterocycles. The van der Waals surface area contributed by atoms with Gasteiger partial charge in [-0.05, 0) is 49.8 Å². The van der Waals surface area contributed by atoms with E-state index < -0.39 is 5.82 Å². The maximum atomic E-state index is 13.2. The Balaban J connectivity index is 1.91. The fourth-order valence-electron chi connectivity index (χ4n) is 2.94. The van der Waals surface area contributed by atoms with Crippen LogP contribution in [0.3, 0.4) is 0 Å². The monoisotopic (exact) mass is 260 g/mol. The highest BCUT2D eigenvalue weighted by Crippen LogP contribution is 2.29. The molecule has 0 heterocycles. The van der Waals surface area contributed by atoms with Crippen molar-refractivity contribution in [2.45, 2.75) is 51.5 Å². The Morgan fingerprint density at radius 1 is 1.32 bits per heavy atom. The molecule has 1 saturated carbocycles. The number of nitriles is 1. The van der Waals surface area contributed by atoms with Gasteiger partial charge in [-0.15, -0.1) is 0 Å². The first kappa shape index (κ1) is 13.9. The van der Waals surface area contributed by atoms with E-state index in [-0.39, 0.29) is 5.56 Å². The van der Waals surface area contributed by atoms with Gasteiger partial charge in [-0.2, -0.15) is 5.26 Å². The molecular formula is C16H21FN2. The molecule has 0 spiro atoms. The zero-order valence-electron chi connectivity index (χ0n) is 11.5. The third-order valence-corrected chi connectivity index (χ3v) is 4.00. The number of hydrogen-bond donors (Lipinski definition) is 1. The predicted molar refractivity (Wildman–Crippen MR) is 75.4 cm³/mol. The third kappa shape index (κ3) is 3.70. The Morgan fingerprint density at radius 3 is 2.68 bits per heavy atom. The lowest BCUT2D eigenvalue weighted by Crippen LogP contribution is -2.26. The quantitative estimate of drug-likeness (QED) is 0.867. The first-order chi connectivity index (χ1) is 9.22. The fraction of sp³-hybridized carbons (Fsp3) is 0.562. The summed E-state index contributed by atoms with van der Waals surface area (Å²) in [6, 6.07) is 7.03. The number of nitrogens with zero attached hydrogens (tertiary/aromatic N) is 1. The second-order valence-electron chi connectivity index (χ2n) is 5.46. The summed E-state index contributed by atoms with van der Waals surface area (Å²) in [7, 11) is 0. The predicted octanol–water partition coefficient (Wildman–Crippen LogP) is 4.47. The molecule has 102 valence electrons. The molecule has 0 aliphatic heterocycles. The standard InChI is InChI=1S/C16H21FN2/c1-2-3-12-4-6-14(7-5-12)19-15-8-9-16(17)13(10-15)11-18/h8-10,12,14,19H,2-7H2,1H3. The number of rotatable bonds is 4. The van der Waals surface area contributed by atoms with Crippen molar-refractivity contribution in [3.05, 3.63) is 29.6 Å². The molecule has 1 N–H and O–H groups in total. The lowest BCUT2D eigenvalue weighted by atomic mass is 9.83. The molecule has 0 atom stereocenters. The summed E-state index contributed by atoms with van der Waals surface area (Å²) >= 11 is 0. The molecule has 0 aromatic heterocycles. The molecule has 2 rings (SSSR count). The molecule has 0 bridgehead atoms. The Labute approximate surface area is 114 Å². The van der Waals surface area contributed by atoms with E-state index in [4.69, 9.17) is 5.26 Å². The van der Waals surface area contributed by atoms with Crippen LogP contribution in [0.15, 0.2) is 18.2 Å². The van der Waals surface area contributed by atoms with Crippen LogP contribution >= 0.6 is 0 Å². The Bertz CT molecular complexity index is 456. The molecule has 1 fully saturated rings. The minimum absolute atomic E-state index is 0.115. The third-order valence-electron chi connectivity index (χ3n) is 4.00. The minimum Gasteiger partial charge on any atom is -0.382 e. The van der Waals surface area contributed by atoms with E-state index in [0.717, 1.165) is 11.6 Å². The molecular weight excluding hydrogens is 239 g/mol. The van der Waals surface area contributed by atoms with Gasteiger partial charge in [-0.25, -0.2) is 4.39 Å². The largest absolute Gasteiger partial charge is 0.382 e. The van der Waals surface area contributed by atoms with Gasteiger partial charge in [0.05, 0.1) is 5.56 Å². The molecule has 0 amide bonds. The van der Waals surface area contributed by atoms with Crippen molar-refractivity contribution < 1.29 is 4.39 Å². The maximum absolute atomic E-state index is 13.2. The van der Waals surface area contributed by atoms with Gasteiger partial charge in [0.25, 0.3) is 0 Å². The lowest BCUT2D eigenvalue weighted by molar-refractivity contribution is 0.319. The summed E-state index contributed by atoms with van der Waals surface area (Å²) in [6.45, 7) is 2.24. The number of halogens is 1. The summed E-state index contributed by atoms with van der Waals surface area (Å²) in [4.78, 5) is 0. The van der Waals surface area contributed by atoms with E-state index >= 15 is 0 Å². The van der Waals surface area contributed by atoms with Crippen molar-refractivity contribution in [3.8, 4) is 6.07 Å². The van der Waals surface area contributed by atoms with Gasteiger partial charge in [0.15, 0.2) is 0 Å². The summed E-state index contributed by atoms with van der Waals surface area (Å²) < 4.78 is 13.2. The van der Waals surface area contributed by atoms with Crippen LogP contribution in [0.1, 0.15) is 51.0 Å². The molecule has 1 aromatic rings. The van der Waals surface area contributed by atoms with Gasteiger partial charge < -0.3 is 5.32 Å². The van der Waals surface area contributed by atoms with Gasteiger partial charge in [0.1, 0.15) is 11.9 Å². The Hall–Kier alpha value is -1.56. The second-order valence-corrected chi connectivity index (χ2v) is 5.46. The van der Waals surface area contributed by atoms with E-state index in [1.165, 1.54) is 44.6 Å². The molecule has 2 nitrogen and oxygen atoms in total. The van der Waals surface area contributed by atoms with Crippen LogP contribution in [0.5, 0.6) is 0 Å². The van der Waals surface area contributed by atoms with Crippen LogP contribution in [-0.2, 0) is 0 Å². The Kier molecular flexibility index (Phi) is 4.79. The van der Waals surface area contributed by atoms with Crippen molar-refractivity contribution >= 4 is 5.69 Å². The SMILES string of the molecule is CCCC1CCC(Nc2ccc(F)c(C#N)c2)CC1. The number of benzene rings is 1. The van der Waals surface area contributed by atoms with Crippen molar-refractivity contribution in [3.63, 3.8) is 0 Å². The summed E-state index contributed by atoms with van der Waals surface area (Å²) in [6.07, 6.45) is 7.50. The van der Waals surface area contributed by atoms with Gasteiger partial charge in [0, 0.05) is 11.7 Å². The fourth-order valence-corrected chi connectivity index (χ4v) is 2.94. The molecule has 3 heteroatoms. The van der Waals surface area contributed by atoms with Gasteiger partial charge in [-0.1, -0.05) is 19.8 Å². The van der Waals surface area contributed by atoms with Gasteiger partial charge in [0.2, 0.25) is 0 Å². The van der Waals surface area contributed by atoms with Crippen molar-refractivity contribution in [1.82, 2.24) is 0 Å². The van der Waals surface area contributed by atoms with Crippen LogP contribution in [0.2, 0.25) is 0 Å². The topological polar surface area (TPSA) is 35.8 Å². The van der Waals surface area contributed by atoms with E-state index in [2.05, 4.69) is 12.2 Å². The van der Waals surface area contributed by atoms with Crippen LogP contribution in [-0.4, -0.2) is 6.04 Å². The normalized spacial score (nSPS) is 22.8. The highest BCUT2D eigenvalue weighted by atomic mass is 19.1. The lowest BCUT2D eigenvalue weighted by Gasteiger charge is -2.29. The zero-order valence-corrected chi connectivity index (χ0v) is 11.5. The van der Waals surface area contributed by atoms with E-state index in [1.807, 2.05) is 6.07 Å². The molecule has 1 aliphatic carbocycles. The molecule has 1 aromatic carbocycles. The first-order valence-corrected chi connectivity index (χ1v) is 7.19. The second kappa shape index (κ2) is 6.56. The minimum atomic E-state index is -0.445. The van der Waals surface area contributed by atoms with Crippen molar-refractivity contribution in [2.75, 3.05) is 5.32 Å². The van der Waals surface area contributed by atoms with Crippen LogP contribution < -0.4 is 5.32 Å². The summed E-state index contributed by atoms with van der Waals surface area (Å²) in [5.41, 5.74) is 0.974. The summed E-state index contributed by atoms with van der Waals surface area (Å²) in [5, 5.41) is 12.3. The zero-order chi connectivity index (χ0) is 13.7. The average Bonchev–Trinajstić information content (AvgIpc) is 2.43. The number of hydrogen-bond acceptors (Lipinski definition) is 2. The Morgan fingerprint density at radius 2 is 2.05 bits per heavy atom.